The van der Waals surface area contributed by atoms with Crippen molar-refractivity contribution >= 4 is 29.0 Å². The number of ketones is 1. The van der Waals surface area contributed by atoms with E-state index in [0.29, 0.717) is 5.69 Å². The van der Waals surface area contributed by atoms with Crippen molar-refractivity contribution in [3.63, 3.8) is 0 Å². The zero-order valence-corrected chi connectivity index (χ0v) is 21.9. The number of anilines is 1. The summed E-state index contributed by atoms with van der Waals surface area (Å²) in [5, 5.41) is 2.68. The molecule has 0 aliphatic carbocycles. The van der Waals surface area contributed by atoms with Crippen LogP contribution >= 0.6 is 11.6 Å². The zero-order valence-electron chi connectivity index (χ0n) is 21.1. The maximum absolute atomic E-state index is 15.2. The van der Waals surface area contributed by atoms with Crippen molar-refractivity contribution < 1.29 is 18.7 Å². The molecule has 6 nitrogen and oxygen atoms in total. The molecule has 0 unspecified atom stereocenters. The molecule has 0 bridgehead atoms. The number of nitrogens with zero attached hydrogens (tertiary/aromatic N) is 1. The van der Waals surface area contributed by atoms with Gasteiger partial charge in [0.25, 0.3) is 5.56 Å². The summed E-state index contributed by atoms with van der Waals surface area (Å²) in [6.07, 6.45) is 1.58. The number of carbonyl (C=O) groups excluding carboxylic acids is 2. The van der Waals surface area contributed by atoms with Crippen LogP contribution in [0.15, 0.2) is 83.8 Å². The van der Waals surface area contributed by atoms with Gasteiger partial charge in [-0.25, -0.2) is 4.39 Å². The first-order valence-corrected chi connectivity index (χ1v) is 12.3. The van der Waals surface area contributed by atoms with E-state index in [1.807, 2.05) is 49.4 Å². The van der Waals surface area contributed by atoms with Crippen LogP contribution in [-0.4, -0.2) is 23.4 Å². The number of halogens is 2. The van der Waals surface area contributed by atoms with Crippen molar-refractivity contribution in [3.8, 4) is 16.9 Å². The average molecular weight is 533 g/mol. The molecular weight excluding hydrogens is 507 g/mol. The van der Waals surface area contributed by atoms with Crippen molar-refractivity contribution in [2.24, 2.45) is 0 Å². The number of Topliss-reactive ketones (excluding diaryl/α,β-unsaturated/α-hetero) is 1. The van der Waals surface area contributed by atoms with E-state index in [4.69, 9.17) is 16.3 Å². The number of hydrogen-bond acceptors (Lipinski definition) is 4. The lowest BCUT2D eigenvalue weighted by molar-refractivity contribution is -0.119. The van der Waals surface area contributed by atoms with Crippen LogP contribution in [0.25, 0.3) is 11.1 Å². The summed E-state index contributed by atoms with van der Waals surface area (Å²) in [6.45, 7) is 3.24. The molecule has 1 heterocycles. The van der Waals surface area contributed by atoms with E-state index in [1.165, 1.54) is 36.9 Å². The predicted molar refractivity (Wildman–Crippen MR) is 147 cm³/mol. The summed E-state index contributed by atoms with van der Waals surface area (Å²) in [7, 11) is 1.36. The number of aryl methyl sites for hydroxylation is 1. The molecule has 0 saturated carbocycles. The highest BCUT2D eigenvalue weighted by molar-refractivity contribution is 6.31. The highest BCUT2D eigenvalue weighted by Gasteiger charge is 2.26. The Kier molecular flexibility index (Phi) is 8.08. The Bertz CT molecular complexity index is 1550. The molecule has 0 radical (unpaired) electrons. The van der Waals surface area contributed by atoms with Crippen molar-refractivity contribution in [1.29, 1.82) is 0 Å². The number of pyridine rings is 1. The Morgan fingerprint density at radius 2 is 1.74 bits per heavy atom. The lowest BCUT2D eigenvalue weighted by atomic mass is 9.96. The number of benzene rings is 3. The van der Waals surface area contributed by atoms with Crippen molar-refractivity contribution in [2.45, 2.75) is 26.3 Å². The second kappa shape index (κ2) is 11.4. The lowest BCUT2D eigenvalue weighted by Crippen LogP contribution is -2.34. The summed E-state index contributed by atoms with van der Waals surface area (Å²) < 4.78 is 22.0. The van der Waals surface area contributed by atoms with Crippen LogP contribution in [0.5, 0.6) is 5.75 Å². The van der Waals surface area contributed by atoms with E-state index < -0.39 is 29.1 Å². The van der Waals surface area contributed by atoms with Gasteiger partial charge in [0.2, 0.25) is 5.91 Å². The Morgan fingerprint density at radius 3 is 2.37 bits per heavy atom. The minimum atomic E-state index is -0.953. The van der Waals surface area contributed by atoms with Gasteiger partial charge in [-0.3, -0.25) is 19.0 Å². The number of ether oxygens (including phenoxy) is 1. The predicted octanol–water partition coefficient (Wildman–Crippen LogP) is 6.25. The van der Waals surface area contributed by atoms with E-state index in [-0.39, 0.29) is 33.9 Å². The molecule has 0 saturated heterocycles. The van der Waals surface area contributed by atoms with Gasteiger partial charge in [0, 0.05) is 34.9 Å². The molecule has 4 rings (SSSR count). The molecule has 4 aromatic rings. The Hall–Kier alpha value is -4.23. The van der Waals surface area contributed by atoms with Gasteiger partial charge < -0.3 is 10.1 Å². The SMILES string of the molecule is COc1cn([C@@H](Cc2ccccc2)C(=O)Nc2ccc(C)cc2)c(=O)cc1-c1c(C(C)=O)ccc(Cl)c1F. The average Bonchev–Trinajstić information content (AvgIpc) is 2.90. The Labute approximate surface area is 224 Å². The fourth-order valence-corrected chi connectivity index (χ4v) is 4.41. The molecule has 38 heavy (non-hydrogen) atoms. The molecule has 1 amide bonds. The maximum atomic E-state index is 15.2. The molecular formula is C30H26ClFN2O4. The highest BCUT2D eigenvalue weighted by atomic mass is 35.5. The molecule has 194 valence electrons. The molecule has 1 atom stereocenters. The third-order valence-electron chi connectivity index (χ3n) is 6.24. The standard InChI is InChI=1S/C30H26ClFN2O4/c1-18-9-11-21(12-10-18)33-30(37)25(15-20-7-5-4-6-8-20)34-17-26(38-3)23(16-27(34)36)28-22(19(2)35)13-14-24(31)29(28)32/h4-14,16-17,25H,15H2,1-3H3,(H,33,37)/t25-/m0/s1. The van der Waals surface area contributed by atoms with Crippen LogP contribution in [0.2, 0.25) is 5.02 Å². The molecule has 1 aromatic heterocycles. The smallest absolute Gasteiger partial charge is 0.252 e. The van der Waals surface area contributed by atoms with Crippen LogP contribution in [0.3, 0.4) is 0 Å². The molecule has 0 fully saturated rings. The van der Waals surface area contributed by atoms with E-state index >= 15 is 4.39 Å². The molecule has 0 aliphatic rings. The van der Waals surface area contributed by atoms with Gasteiger partial charge in [0.15, 0.2) is 5.78 Å². The van der Waals surface area contributed by atoms with Crippen LogP contribution in [-0.2, 0) is 11.2 Å². The quantitative estimate of drug-likeness (QED) is 0.272. The van der Waals surface area contributed by atoms with Crippen LogP contribution in [0, 0.1) is 12.7 Å². The third-order valence-corrected chi connectivity index (χ3v) is 6.53. The molecule has 0 aliphatic heterocycles. The minimum absolute atomic E-state index is 0.0558. The number of hydrogen-bond donors (Lipinski definition) is 1. The van der Waals surface area contributed by atoms with Crippen LogP contribution in [0.4, 0.5) is 10.1 Å². The maximum Gasteiger partial charge on any atom is 0.252 e. The fourth-order valence-electron chi connectivity index (χ4n) is 4.25. The number of nitrogens with one attached hydrogen (secondary N) is 1. The van der Waals surface area contributed by atoms with Gasteiger partial charge in [-0.15, -0.1) is 0 Å². The summed E-state index contributed by atoms with van der Waals surface area (Å²) in [5.41, 5.74) is 1.88. The third kappa shape index (κ3) is 5.68. The molecule has 0 spiro atoms. The highest BCUT2D eigenvalue weighted by Crippen LogP contribution is 2.37. The van der Waals surface area contributed by atoms with Crippen LogP contribution < -0.4 is 15.6 Å². The topological polar surface area (TPSA) is 77.4 Å². The lowest BCUT2D eigenvalue weighted by Gasteiger charge is -2.22. The van der Waals surface area contributed by atoms with Crippen LogP contribution in [0.1, 0.15) is 34.5 Å². The second-order valence-corrected chi connectivity index (χ2v) is 9.31. The molecule has 1 N–H and O–H groups in total. The van der Waals surface area contributed by atoms with Gasteiger partial charge in [-0.1, -0.05) is 59.6 Å². The number of rotatable bonds is 8. The number of methoxy groups -OCH3 is 1. The van der Waals surface area contributed by atoms with Gasteiger partial charge in [0.05, 0.1) is 18.3 Å². The monoisotopic (exact) mass is 532 g/mol. The number of amides is 1. The summed E-state index contributed by atoms with van der Waals surface area (Å²) in [6, 6.07) is 19.5. The fraction of sp³-hybridized carbons (Fsp3) is 0.167. The van der Waals surface area contributed by atoms with Crippen molar-refractivity contribution in [3.05, 3.63) is 117 Å². The van der Waals surface area contributed by atoms with E-state index in [2.05, 4.69) is 5.32 Å². The normalized spacial score (nSPS) is 11.6. The van der Waals surface area contributed by atoms with E-state index in [0.717, 1.165) is 17.2 Å². The Balaban J connectivity index is 1.84. The summed E-state index contributed by atoms with van der Waals surface area (Å²) in [5.74, 6) is -1.54. The van der Waals surface area contributed by atoms with Gasteiger partial charge in [-0.2, -0.15) is 0 Å². The number of carbonyl (C=O) groups is 2. The first-order chi connectivity index (χ1) is 18.2. The second-order valence-electron chi connectivity index (χ2n) is 8.90. The first kappa shape index (κ1) is 26.8. The largest absolute Gasteiger partial charge is 0.495 e. The number of aromatic nitrogens is 1. The molecule has 8 heteroatoms. The Morgan fingerprint density at radius 1 is 1.05 bits per heavy atom. The first-order valence-electron chi connectivity index (χ1n) is 11.9. The molecule has 3 aromatic carbocycles. The van der Waals surface area contributed by atoms with E-state index in [1.54, 1.807) is 12.1 Å². The van der Waals surface area contributed by atoms with Crippen molar-refractivity contribution in [2.75, 3.05) is 12.4 Å². The summed E-state index contributed by atoms with van der Waals surface area (Å²) in [4.78, 5) is 39.3. The minimum Gasteiger partial charge on any atom is -0.495 e. The van der Waals surface area contributed by atoms with Gasteiger partial charge in [-0.05, 0) is 43.7 Å². The van der Waals surface area contributed by atoms with Gasteiger partial charge in [0.1, 0.15) is 17.6 Å². The van der Waals surface area contributed by atoms with E-state index in [9.17, 15) is 14.4 Å². The summed E-state index contributed by atoms with van der Waals surface area (Å²) >= 11 is 6.01. The van der Waals surface area contributed by atoms with Crippen molar-refractivity contribution in [1.82, 2.24) is 4.57 Å². The van der Waals surface area contributed by atoms with Gasteiger partial charge >= 0.3 is 0 Å². The zero-order chi connectivity index (χ0) is 27.4.